The van der Waals surface area contributed by atoms with Gasteiger partial charge >= 0.3 is 12.3 Å². The number of esters is 1. The van der Waals surface area contributed by atoms with Gasteiger partial charge in [-0.05, 0) is 42.3 Å². The highest BCUT2D eigenvalue weighted by molar-refractivity contribution is 5.87. The lowest BCUT2D eigenvalue weighted by Gasteiger charge is -2.08. The van der Waals surface area contributed by atoms with Gasteiger partial charge in [-0.2, -0.15) is 0 Å². The summed E-state index contributed by atoms with van der Waals surface area (Å²) in [4.78, 5) is 28.2. The first-order valence-electron chi connectivity index (χ1n) is 8.39. The number of halogens is 3. The molecule has 0 aliphatic rings. The summed E-state index contributed by atoms with van der Waals surface area (Å²) in [5, 5.41) is 0. The molecule has 9 heteroatoms. The van der Waals surface area contributed by atoms with E-state index in [-0.39, 0.29) is 17.9 Å². The first-order chi connectivity index (χ1) is 13.7. The molecular weight excluding hydrogens is 389 g/mol. The van der Waals surface area contributed by atoms with Crippen LogP contribution in [0.4, 0.5) is 13.2 Å². The molecule has 3 rings (SSSR count). The number of hydrogen-bond donors (Lipinski definition) is 0. The Labute approximate surface area is 162 Å². The number of fused-ring (bicyclic) bond motifs is 1. The van der Waals surface area contributed by atoms with E-state index >= 15 is 0 Å². The van der Waals surface area contributed by atoms with Gasteiger partial charge in [0.2, 0.25) is 0 Å². The Hall–Kier alpha value is -3.62. The van der Waals surface area contributed by atoms with Crippen LogP contribution in [-0.4, -0.2) is 21.7 Å². The van der Waals surface area contributed by atoms with Crippen molar-refractivity contribution in [3.63, 3.8) is 0 Å². The number of rotatable bonds is 5. The van der Waals surface area contributed by atoms with Crippen LogP contribution in [0.15, 0.2) is 59.5 Å². The number of benzene rings is 1. The molecule has 0 saturated carbocycles. The molecule has 6 nitrogen and oxygen atoms in total. The average Bonchev–Trinajstić information content (AvgIpc) is 2.65. The summed E-state index contributed by atoms with van der Waals surface area (Å²) < 4.78 is 46.6. The minimum absolute atomic E-state index is 0.193. The topological polar surface area (TPSA) is 69.9 Å². The fraction of sp³-hybridized carbons (Fsp3) is 0.150. The van der Waals surface area contributed by atoms with Crippen molar-refractivity contribution in [2.75, 3.05) is 0 Å². The van der Waals surface area contributed by atoms with Gasteiger partial charge in [0.1, 0.15) is 18.0 Å². The lowest BCUT2D eigenvalue weighted by atomic mass is 10.2. The summed E-state index contributed by atoms with van der Waals surface area (Å²) in [6.07, 6.45) is -0.602. The van der Waals surface area contributed by atoms with Gasteiger partial charge in [-0.25, -0.2) is 9.78 Å². The van der Waals surface area contributed by atoms with Crippen LogP contribution in [0.2, 0.25) is 0 Å². The Kier molecular flexibility index (Phi) is 5.67. The molecule has 0 bridgehead atoms. The van der Waals surface area contributed by atoms with E-state index in [4.69, 9.17) is 4.74 Å². The summed E-state index contributed by atoms with van der Waals surface area (Å²) in [7, 11) is 0. The SMILES string of the molecule is Cc1ccc2nc(COC(=O)/C=C/c3ccc(OC(F)(F)F)cc3)cc(=O)n2c1. The van der Waals surface area contributed by atoms with Gasteiger partial charge in [0.15, 0.2) is 0 Å². The zero-order valence-corrected chi connectivity index (χ0v) is 15.1. The monoisotopic (exact) mass is 404 g/mol. The lowest BCUT2D eigenvalue weighted by molar-refractivity contribution is -0.274. The Morgan fingerprint density at radius 3 is 2.59 bits per heavy atom. The van der Waals surface area contributed by atoms with Gasteiger partial charge < -0.3 is 9.47 Å². The highest BCUT2D eigenvalue weighted by Gasteiger charge is 2.30. The van der Waals surface area contributed by atoms with Gasteiger partial charge in [0, 0.05) is 18.3 Å². The summed E-state index contributed by atoms with van der Waals surface area (Å²) in [5.41, 5.74) is 1.83. The summed E-state index contributed by atoms with van der Waals surface area (Å²) >= 11 is 0. The molecule has 0 N–H and O–H groups in total. The van der Waals surface area contributed by atoms with Crippen molar-refractivity contribution in [3.05, 3.63) is 81.9 Å². The minimum Gasteiger partial charge on any atom is -0.456 e. The molecule has 0 fully saturated rings. The van der Waals surface area contributed by atoms with Crippen molar-refractivity contribution in [1.82, 2.24) is 9.38 Å². The van der Waals surface area contributed by atoms with Crippen LogP contribution < -0.4 is 10.3 Å². The van der Waals surface area contributed by atoms with Crippen molar-refractivity contribution in [3.8, 4) is 5.75 Å². The maximum Gasteiger partial charge on any atom is 0.573 e. The van der Waals surface area contributed by atoms with Crippen molar-refractivity contribution >= 4 is 17.7 Å². The number of aromatic nitrogens is 2. The van der Waals surface area contributed by atoms with Crippen molar-refractivity contribution in [1.29, 1.82) is 0 Å². The van der Waals surface area contributed by atoms with E-state index in [1.807, 2.05) is 13.0 Å². The Morgan fingerprint density at radius 2 is 1.90 bits per heavy atom. The zero-order valence-electron chi connectivity index (χ0n) is 15.1. The summed E-state index contributed by atoms with van der Waals surface area (Å²) in [6.45, 7) is 1.66. The van der Waals surface area contributed by atoms with Gasteiger partial charge in [-0.1, -0.05) is 18.2 Å². The summed E-state index contributed by atoms with van der Waals surface area (Å²) in [5.74, 6) is -1.05. The molecule has 150 valence electrons. The number of carbonyl (C=O) groups is 1. The van der Waals surface area contributed by atoms with Crippen LogP contribution >= 0.6 is 0 Å². The van der Waals surface area contributed by atoms with Crippen molar-refractivity contribution in [2.24, 2.45) is 0 Å². The average molecular weight is 404 g/mol. The molecule has 0 aliphatic carbocycles. The molecule has 0 amide bonds. The second-order valence-corrected chi connectivity index (χ2v) is 6.08. The van der Waals surface area contributed by atoms with E-state index in [1.165, 1.54) is 28.7 Å². The van der Waals surface area contributed by atoms with Crippen LogP contribution in [-0.2, 0) is 16.1 Å². The Morgan fingerprint density at radius 1 is 1.17 bits per heavy atom. The van der Waals surface area contributed by atoms with E-state index in [0.717, 1.165) is 23.8 Å². The van der Waals surface area contributed by atoms with Gasteiger partial charge in [-0.3, -0.25) is 9.20 Å². The molecular formula is C20H15F3N2O4. The van der Waals surface area contributed by atoms with E-state index in [1.54, 1.807) is 12.3 Å². The van der Waals surface area contributed by atoms with Gasteiger partial charge in [0.25, 0.3) is 5.56 Å². The third-order valence-electron chi connectivity index (χ3n) is 3.75. The fourth-order valence-electron chi connectivity index (χ4n) is 2.47. The first kappa shape index (κ1) is 20.1. The van der Waals surface area contributed by atoms with Crippen LogP contribution in [0.25, 0.3) is 11.7 Å². The van der Waals surface area contributed by atoms with Crippen molar-refractivity contribution < 1.29 is 27.4 Å². The first-order valence-corrected chi connectivity index (χ1v) is 8.39. The van der Waals surface area contributed by atoms with Crippen molar-refractivity contribution in [2.45, 2.75) is 19.9 Å². The number of aryl methyl sites for hydroxylation is 1. The van der Waals surface area contributed by atoms with E-state index in [9.17, 15) is 22.8 Å². The van der Waals surface area contributed by atoms with Crippen LogP contribution in [0.5, 0.6) is 5.75 Å². The molecule has 0 radical (unpaired) electrons. The molecule has 0 atom stereocenters. The fourth-order valence-corrected chi connectivity index (χ4v) is 2.47. The van der Waals surface area contributed by atoms with Gasteiger partial charge in [0.05, 0.1) is 5.69 Å². The predicted octanol–water partition coefficient (Wildman–Crippen LogP) is 3.66. The minimum atomic E-state index is -4.76. The maximum absolute atomic E-state index is 12.1. The van der Waals surface area contributed by atoms with Crippen LogP contribution in [0.3, 0.4) is 0 Å². The Balaban J connectivity index is 1.60. The molecule has 0 aliphatic heterocycles. The quantitative estimate of drug-likeness (QED) is 0.480. The number of pyridine rings is 1. The zero-order chi connectivity index (χ0) is 21.0. The van der Waals surface area contributed by atoms with Crippen LogP contribution in [0, 0.1) is 6.92 Å². The number of alkyl halides is 3. The lowest BCUT2D eigenvalue weighted by Crippen LogP contribution is -2.16. The second kappa shape index (κ2) is 8.17. The molecule has 0 unspecified atom stereocenters. The molecule has 29 heavy (non-hydrogen) atoms. The largest absolute Gasteiger partial charge is 0.573 e. The highest BCUT2D eigenvalue weighted by Crippen LogP contribution is 2.23. The number of hydrogen-bond acceptors (Lipinski definition) is 5. The molecule has 2 aromatic heterocycles. The molecule has 3 aromatic rings. The molecule has 2 heterocycles. The number of ether oxygens (including phenoxy) is 2. The number of carbonyl (C=O) groups excluding carboxylic acids is 1. The summed E-state index contributed by atoms with van der Waals surface area (Å²) in [6, 6.07) is 9.76. The van der Waals surface area contributed by atoms with E-state index in [2.05, 4.69) is 9.72 Å². The normalized spacial score (nSPS) is 11.7. The van der Waals surface area contributed by atoms with E-state index in [0.29, 0.717) is 16.9 Å². The third-order valence-corrected chi connectivity index (χ3v) is 3.75. The standard InChI is InChI=1S/C20H15F3N2O4/c1-13-2-8-17-24-15(10-18(26)25(17)11-13)12-28-19(27)9-5-14-3-6-16(7-4-14)29-20(21,22)23/h2-11H,12H2,1H3/b9-5+. The van der Waals surface area contributed by atoms with Gasteiger partial charge in [-0.15, -0.1) is 13.2 Å². The second-order valence-electron chi connectivity index (χ2n) is 6.08. The third kappa shape index (κ3) is 5.68. The van der Waals surface area contributed by atoms with E-state index < -0.39 is 12.3 Å². The molecule has 0 saturated heterocycles. The predicted molar refractivity (Wildman–Crippen MR) is 98.2 cm³/mol. The van der Waals surface area contributed by atoms with Crippen LogP contribution in [0.1, 0.15) is 16.8 Å². The molecule has 0 spiro atoms. The maximum atomic E-state index is 12.1. The Bertz CT molecular complexity index is 1120. The molecule has 1 aromatic carbocycles. The number of nitrogens with zero attached hydrogens (tertiary/aromatic N) is 2. The highest BCUT2D eigenvalue weighted by atomic mass is 19.4. The smallest absolute Gasteiger partial charge is 0.456 e.